The number of hydrogen-bond acceptors (Lipinski definition) is 3. The fourth-order valence-electron chi connectivity index (χ4n) is 3.30. The van der Waals surface area contributed by atoms with Gasteiger partial charge in [0.25, 0.3) is 0 Å². The Morgan fingerprint density at radius 1 is 1.16 bits per heavy atom. The van der Waals surface area contributed by atoms with Crippen molar-refractivity contribution in [1.29, 1.82) is 0 Å². The minimum absolute atomic E-state index is 0.298. The second-order valence-electron chi connectivity index (χ2n) is 6.80. The van der Waals surface area contributed by atoms with Gasteiger partial charge in [-0.1, -0.05) is 44.2 Å². The fraction of sp³-hybridized carbons (Fsp3) is 0.650. The maximum absolute atomic E-state index is 10.3. The minimum atomic E-state index is -0.583. The molecule has 0 aromatic heterocycles. The van der Waals surface area contributed by atoms with Gasteiger partial charge in [-0.05, 0) is 44.8 Å². The number of benzene rings is 1. The Bertz CT molecular complexity index is 524. The summed E-state index contributed by atoms with van der Waals surface area (Å²) in [5.74, 6) is 0.788. The van der Waals surface area contributed by atoms with Crippen molar-refractivity contribution in [2.24, 2.45) is 4.99 Å². The van der Waals surface area contributed by atoms with E-state index in [0.717, 1.165) is 51.4 Å². The van der Waals surface area contributed by atoms with Gasteiger partial charge in [0.15, 0.2) is 5.96 Å². The van der Waals surface area contributed by atoms with Gasteiger partial charge in [0.2, 0.25) is 0 Å². The van der Waals surface area contributed by atoms with Crippen LogP contribution in [-0.4, -0.2) is 54.3 Å². The second-order valence-corrected chi connectivity index (χ2v) is 6.80. The van der Waals surface area contributed by atoms with Gasteiger partial charge in [0.05, 0.1) is 18.2 Å². The Hall–Kier alpha value is -1.59. The molecule has 1 aliphatic carbocycles. The molecule has 25 heavy (non-hydrogen) atoms. The molecule has 0 bridgehead atoms. The molecule has 1 unspecified atom stereocenters. The van der Waals surface area contributed by atoms with Crippen LogP contribution in [0.4, 0.5) is 0 Å². The van der Waals surface area contributed by atoms with Crippen LogP contribution in [0.1, 0.15) is 51.6 Å². The summed E-state index contributed by atoms with van der Waals surface area (Å²) in [6, 6.07) is 10.9. The van der Waals surface area contributed by atoms with Crippen LogP contribution in [0.25, 0.3) is 0 Å². The van der Waals surface area contributed by atoms with E-state index >= 15 is 0 Å². The zero-order chi connectivity index (χ0) is 18.1. The van der Waals surface area contributed by atoms with Crippen molar-refractivity contribution in [3.63, 3.8) is 0 Å². The Labute approximate surface area is 152 Å². The average Bonchev–Trinajstić information content (AvgIpc) is 2.62. The quantitative estimate of drug-likeness (QED) is 0.475. The molecule has 0 heterocycles. The number of aliphatic imine (C=N–C) groups is 1. The van der Waals surface area contributed by atoms with Gasteiger partial charge in [0.1, 0.15) is 0 Å². The molecule has 1 fully saturated rings. The molecule has 0 aliphatic heterocycles. The van der Waals surface area contributed by atoms with Crippen LogP contribution >= 0.6 is 0 Å². The van der Waals surface area contributed by atoms with Crippen molar-refractivity contribution >= 4 is 5.96 Å². The standard InChI is InChI=1S/C20H34N4O/c1-4-21-19(23-16-20(25)13-10-14-20)22-15-18(24(5-2)6-3)17-11-8-7-9-12-17/h7-9,11-12,18,25H,4-6,10,13-16H2,1-3H3,(H2,21,22,23). The molecule has 5 heteroatoms. The van der Waals surface area contributed by atoms with Gasteiger partial charge in [-0.25, -0.2) is 0 Å². The molecule has 1 aromatic carbocycles. The monoisotopic (exact) mass is 346 g/mol. The highest BCUT2D eigenvalue weighted by Gasteiger charge is 2.34. The molecule has 1 aliphatic rings. The normalized spacial score (nSPS) is 17.9. The predicted molar refractivity (Wildman–Crippen MR) is 105 cm³/mol. The second kappa shape index (κ2) is 9.78. The average molecular weight is 347 g/mol. The third kappa shape index (κ3) is 5.72. The summed E-state index contributed by atoms with van der Waals surface area (Å²) in [6.07, 6.45) is 2.83. The zero-order valence-electron chi connectivity index (χ0n) is 16.0. The molecule has 1 saturated carbocycles. The van der Waals surface area contributed by atoms with Gasteiger partial charge in [-0.3, -0.25) is 9.89 Å². The van der Waals surface area contributed by atoms with Crippen LogP contribution in [0.2, 0.25) is 0 Å². The molecule has 1 aromatic rings. The molecule has 0 amide bonds. The Balaban J connectivity index is 2.04. The lowest BCUT2D eigenvalue weighted by Crippen LogP contribution is -2.45. The molecular formula is C20H34N4O. The van der Waals surface area contributed by atoms with Gasteiger partial charge in [-0.2, -0.15) is 0 Å². The molecule has 1 atom stereocenters. The van der Waals surface area contributed by atoms with E-state index in [4.69, 9.17) is 0 Å². The van der Waals surface area contributed by atoms with Crippen molar-refractivity contribution in [3.05, 3.63) is 35.9 Å². The molecule has 2 rings (SSSR count). The highest BCUT2D eigenvalue weighted by atomic mass is 16.3. The molecule has 0 spiro atoms. The fourth-order valence-corrected chi connectivity index (χ4v) is 3.30. The first-order valence-electron chi connectivity index (χ1n) is 9.65. The smallest absolute Gasteiger partial charge is 0.191 e. The van der Waals surface area contributed by atoms with E-state index in [1.54, 1.807) is 0 Å². The summed E-state index contributed by atoms with van der Waals surface area (Å²) in [7, 11) is 0. The van der Waals surface area contributed by atoms with Crippen molar-refractivity contribution in [2.45, 2.75) is 51.7 Å². The molecule has 140 valence electrons. The maximum Gasteiger partial charge on any atom is 0.191 e. The number of likely N-dealkylation sites (N-methyl/N-ethyl adjacent to an activating group) is 1. The lowest BCUT2D eigenvalue weighted by molar-refractivity contribution is -0.0236. The van der Waals surface area contributed by atoms with E-state index in [2.05, 4.69) is 71.6 Å². The predicted octanol–water partition coefficient (Wildman–Crippen LogP) is 2.54. The number of hydrogen-bond donors (Lipinski definition) is 3. The van der Waals surface area contributed by atoms with E-state index in [9.17, 15) is 5.11 Å². The van der Waals surface area contributed by atoms with Crippen molar-refractivity contribution in [3.8, 4) is 0 Å². The Morgan fingerprint density at radius 3 is 2.36 bits per heavy atom. The Kier molecular flexibility index (Phi) is 7.72. The lowest BCUT2D eigenvalue weighted by Gasteiger charge is -2.35. The summed E-state index contributed by atoms with van der Waals surface area (Å²) >= 11 is 0. The zero-order valence-corrected chi connectivity index (χ0v) is 16.0. The number of nitrogens with one attached hydrogen (secondary N) is 2. The lowest BCUT2D eigenvalue weighted by atomic mass is 9.80. The van der Waals surface area contributed by atoms with E-state index in [1.807, 2.05) is 0 Å². The third-order valence-corrected chi connectivity index (χ3v) is 5.06. The van der Waals surface area contributed by atoms with E-state index in [0.29, 0.717) is 12.6 Å². The van der Waals surface area contributed by atoms with Gasteiger partial charge < -0.3 is 15.7 Å². The summed E-state index contributed by atoms with van der Waals surface area (Å²) < 4.78 is 0. The van der Waals surface area contributed by atoms with Crippen LogP contribution in [-0.2, 0) is 0 Å². The topological polar surface area (TPSA) is 59.9 Å². The van der Waals surface area contributed by atoms with Crippen molar-refractivity contribution in [2.75, 3.05) is 32.7 Å². The summed E-state index contributed by atoms with van der Waals surface area (Å²) in [6.45, 7) is 10.5. The number of rotatable bonds is 9. The van der Waals surface area contributed by atoms with Crippen LogP contribution < -0.4 is 10.6 Å². The number of guanidine groups is 1. The highest BCUT2D eigenvalue weighted by molar-refractivity contribution is 5.79. The number of nitrogens with zero attached hydrogens (tertiary/aromatic N) is 2. The van der Waals surface area contributed by atoms with E-state index in [1.165, 1.54) is 5.56 Å². The first-order chi connectivity index (χ1) is 12.1. The molecular weight excluding hydrogens is 312 g/mol. The molecule has 3 N–H and O–H groups in total. The summed E-state index contributed by atoms with van der Waals surface area (Å²) in [5, 5.41) is 17.0. The largest absolute Gasteiger partial charge is 0.388 e. The van der Waals surface area contributed by atoms with Crippen LogP contribution in [0, 0.1) is 0 Å². The summed E-state index contributed by atoms with van der Waals surface area (Å²) in [4.78, 5) is 7.06. The molecule has 0 radical (unpaired) electrons. The van der Waals surface area contributed by atoms with E-state index in [-0.39, 0.29) is 0 Å². The SMILES string of the molecule is CCNC(=NCC1(O)CCC1)NCC(c1ccccc1)N(CC)CC. The van der Waals surface area contributed by atoms with E-state index < -0.39 is 5.60 Å². The molecule has 0 saturated heterocycles. The summed E-state index contributed by atoms with van der Waals surface area (Å²) in [5.41, 5.74) is 0.729. The Morgan fingerprint density at radius 2 is 1.84 bits per heavy atom. The minimum Gasteiger partial charge on any atom is -0.388 e. The maximum atomic E-state index is 10.3. The third-order valence-electron chi connectivity index (χ3n) is 5.06. The van der Waals surface area contributed by atoms with Crippen molar-refractivity contribution in [1.82, 2.24) is 15.5 Å². The van der Waals surface area contributed by atoms with Gasteiger partial charge >= 0.3 is 0 Å². The van der Waals surface area contributed by atoms with Crippen molar-refractivity contribution < 1.29 is 5.11 Å². The van der Waals surface area contributed by atoms with Gasteiger partial charge in [-0.15, -0.1) is 0 Å². The highest BCUT2D eigenvalue weighted by Crippen LogP contribution is 2.31. The van der Waals surface area contributed by atoms with Crippen LogP contribution in [0.3, 0.4) is 0 Å². The first kappa shape index (κ1) is 19.7. The molecule has 5 nitrogen and oxygen atoms in total. The van der Waals surface area contributed by atoms with Crippen LogP contribution in [0.15, 0.2) is 35.3 Å². The van der Waals surface area contributed by atoms with Gasteiger partial charge in [0, 0.05) is 13.1 Å². The van der Waals surface area contributed by atoms with Crippen LogP contribution in [0.5, 0.6) is 0 Å². The first-order valence-corrected chi connectivity index (χ1v) is 9.65. The number of aliphatic hydroxyl groups is 1.